The van der Waals surface area contributed by atoms with Gasteiger partial charge < -0.3 is 24.1 Å². The van der Waals surface area contributed by atoms with Crippen molar-refractivity contribution < 1.29 is 48.0 Å². The average molecular weight is 599 g/mol. The standard InChI is InChI=1S/C33H42O10/c1-18-14-25-29(42-31(39)24-12-10-9-11-13-24)20(3)17-33(25,43-23(6)36)30(41-22(5)35)19(2)15-27(37)32(7,8)28(38)16-26(18)40-21(4)34/h9-15,20,25-27,29-30,37H,16-17H2,1-8H3/b18-14-,19-15-/t20-,25+,26+,27+,29+,30+,33-/m1/s1. The first-order valence-electron chi connectivity index (χ1n) is 14.4. The van der Waals surface area contributed by atoms with E-state index in [9.17, 15) is 29.1 Å². The van der Waals surface area contributed by atoms with E-state index in [1.807, 2.05) is 6.92 Å². The predicted molar refractivity (Wildman–Crippen MR) is 155 cm³/mol. The summed E-state index contributed by atoms with van der Waals surface area (Å²) in [6.07, 6.45) is -1.48. The van der Waals surface area contributed by atoms with Crippen LogP contribution in [0.2, 0.25) is 0 Å². The number of ketones is 1. The third kappa shape index (κ3) is 7.41. The summed E-state index contributed by atoms with van der Waals surface area (Å²) in [6.45, 7) is 11.9. The van der Waals surface area contributed by atoms with Gasteiger partial charge in [-0.3, -0.25) is 19.2 Å². The van der Waals surface area contributed by atoms with Gasteiger partial charge in [0.15, 0.2) is 11.7 Å². The van der Waals surface area contributed by atoms with Gasteiger partial charge in [0.2, 0.25) is 0 Å². The number of carbonyl (C=O) groups excluding carboxylic acids is 5. The largest absolute Gasteiger partial charge is 0.458 e. The van der Waals surface area contributed by atoms with E-state index < -0.39 is 71.1 Å². The highest BCUT2D eigenvalue weighted by Gasteiger charge is 2.61. The van der Waals surface area contributed by atoms with Gasteiger partial charge >= 0.3 is 23.9 Å². The molecule has 0 unspecified atom stereocenters. The van der Waals surface area contributed by atoms with Crippen LogP contribution in [0.5, 0.6) is 0 Å². The van der Waals surface area contributed by atoms with Crippen LogP contribution in [-0.4, -0.2) is 64.8 Å². The minimum atomic E-state index is -1.59. The Hall–Kier alpha value is -3.79. The summed E-state index contributed by atoms with van der Waals surface area (Å²) in [5.74, 6) is -4.25. The van der Waals surface area contributed by atoms with Crippen molar-refractivity contribution in [1.29, 1.82) is 0 Å². The zero-order chi connectivity index (χ0) is 32.3. The van der Waals surface area contributed by atoms with Gasteiger partial charge in [0.1, 0.15) is 18.0 Å². The van der Waals surface area contributed by atoms with E-state index in [0.29, 0.717) is 16.7 Å². The molecule has 234 valence electrons. The fourth-order valence-electron chi connectivity index (χ4n) is 6.06. The highest BCUT2D eigenvalue weighted by atomic mass is 16.6. The fraction of sp³-hybridized carbons (Fsp3) is 0.545. The van der Waals surface area contributed by atoms with Crippen LogP contribution in [0.1, 0.15) is 78.6 Å². The van der Waals surface area contributed by atoms with E-state index in [1.54, 1.807) is 64.1 Å². The molecule has 3 rings (SSSR count). The van der Waals surface area contributed by atoms with Gasteiger partial charge in [0, 0.05) is 27.2 Å². The minimum Gasteiger partial charge on any atom is -0.458 e. The van der Waals surface area contributed by atoms with Crippen LogP contribution in [-0.2, 0) is 38.1 Å². The molecule has 1 saturated carbocycles. The minimum absolute atomic E-state index is 0.119. The Morgan fingerprint density at radius 1 is 0.860 bits per heavy atom. The van der Waals surface area contributed by atoms with Crippen molar-refractivity contribution in [2.45, 2.75) is 98.2 Å². The fourth-order valence-corrected chi connectivity index (χ4v) is 6.06. The number of hydrogen-bond acceptors (Lipinski definition) is 10. The van der Waals surface area contributed by atoms with E-state index in [1.165, 1.54) is 26.8 Å². The molecule has 0 saturated heterocycles. The van der Waals surface area contributed by atoms with Gasteiger partial charge in [-0.05, 0) is 49.5 Å². The van der Waals surface area contributed by atoms with Crippen LogP contribution in [0.3, 0.4) is 0 Å². The molecule has 1 N–H and O–H groups in total. The summed E-state index contributed by atoms with van der Waals surface area (Å²) in [7, 11) is 0. The van der Waals surface area contributed by atoms with E-state index in [2.05, 4.69) is 0 Å². The molecular weight excluding hydrogens is 556 g/mol. The van der Waals surface area contributed by atoms with Gasteiger partial charge in [-0.1, -0.05) is 51.1 Å². The zero-order valence-corrected chi connectivity index (χ0v) is 26.0. The van der Waals surface area contributed by atoms with Crippen LogP contribution in [0.25, 0.3) is 0 Å². The lowest BCUT2D eigenvalue weighted by Gasteiger charge is -2.42. The summed E-state index contributed by atoms with van der Waals surface area (Å²) in [6, 6.07) is 8.41. The number of benzene rings is 1. The Balaban J connectivity index is 2.33. The molecule has 1 fully saturated rings. The Kier molecular flexibility index (Phi) is 10.4. The van der Waals surface area contributed by atoms with Crippen molar-refractivity contribution in [2.75, 3.05) is 0 Å². The van der Waals surface area contributed by atoms with E-state index in [4.69, 9.17) is 18.9 Å². The molecule has 0 amide bonds. The smallest absolute Gasteiger partial charge is 0.338 e. The summed E-state index contributed by atoms with van der Waals surface area (Å²) in [4.78, 5) is 64.2. The molecule has 0 aromatic heterocycles. The van der Waals surface area contributed by atoms with Crippen molar-refractivity contribution in [3.63, 3.8) is 0 Å². The number of aliphatic hydroxyl groups is 1. The summed E-state index contributed by atoms with van der Waals surface area (Å²) >= 11 is 0. The topological polar surface area (TPSA) is 143 Å². The third-order valence-corrected chi connectivity index (χ3v) is 8.36. The van der Waals surface area contributed by atoms with Crippen molar-refractivity contribution in [2.24, 2.45) is 17.3 Å². The highest BCUT2D eigenvalue weighted by molar-refractivity contribution is 5.89. The maximum absolute atomic E-state index is 13.5. The number of hydrogen-bond donors (Lipinski definition) is 1. The summed E-state index contributed by atoms with van der Waals surface area (Å²) in [5, 5.41) is 11.3. The lowest BCUT2D eigenvalue weighted by molar-refractivity contribution is -0.186. The first-order valence-corrected chi connectivity index (χ1v) is 14.4. The molecule has 0 spiro atoms. The maximum Gasteiger partial charge on any atom is 0.338 e. The molecular formula is C33H42O10. The van der Waals surface area contributed by atoms with Gasteiger partial charge in [-0.2, -0.15) is 0 Å². The molecule has 0 heterocycles. The quantitative estimate of drug-likeness (QED) is 0.296. The molecule has 7 atom stereocenters. The van der Waals surface area contributed by atoms with Crippen LogP contribution < -0.4 is 0 Å². The van der Waals surface area contributed by atoms with Gasteiger partial charge in [-0.25, -0.2) is 4.79 Å². The van der Waals surface area contributed by atoms with Crippen molar-refractivity contribution in [1.82, 2.24) is 0 Å². The second-order valence-electron chi connectivity index (χ2n) is 12.2. The SMILES string of the molecule is CC(=O)O[C@H]1CC(=O)C(C)(C)[C@@H](O)/C=C(/C)[C@H](OC(C)=O)[C@@]2(OC(C)=O)C[C@@H](C)[C@H](OC(=O)c3ccccc3)[C@@H]2/C=C\1C. The van der Waals surface area contributed by atoms with Crippen molar-refractivity contribution in [3.8, 4) is 0 Å². The van der Waals surface area contributed by atoms with E-state index >= 15 is 0 Å². The average Bonchev–Trinajstić information content (AvgIpc) is 3.15. The first kappa shape index (κ1) is 33.7. The second-order valence-corrected chi connectivity index (χ2v) is 12.2. The van der Waals surface area contributed by atoms with Gasteiger partial charge in [-0.15, -0.1) is 0 Å². The lowest BCUT2D eigenvalue weighted by atomic mass is 9.75. The molecule has 1 aromatic rings. The number of rotatable bonds is 5. The van der Waals surface area contributed by atoms with Crippen LogP contribution in [0.4, 0.5) is 0 Å². The van der Waals surface area contributed by atoms with Crippen LogP contribution in [0, 0.1) is 17.3 Å². The summed E-state index contributed by atoms with van der Waals surface area (Å²) in [5.41, 5.74) is -1.80. The van der Waals surface area contributed by atoms with Crippen molar-refractivity contribution >= 4 is 29.7 Å². The number of carbonyl (C=O) groups is 5. The molecule has 0 bridgehead atoms. The lowest BCUT2D eigenvalue weighted by Crippen LogP contribution is -2.53. The Morgan fingerprint density at radius 2 is 1.47 bits per heavy atom. The zero-order valence-electron chi connectivity index (χ0n) is 26.0. The Bertz CT molecular complexity index is 1310. The molecule has 0 aliphatic heterocycles. The van der Waals surface area contributed by atoms with Gasteiger partial charge in [0.25, 0.3) is 0 Å². The van der Waals surface area contributed by atoms with E-state index in [-0.39, 0.29) is 18.6 Å². The highest BCUT2D eigenvalue weighted by Crippen LogP contribution is 2.51. The van der Waals surface area contributed by atoms with Crippen LogP contribution in [0.15, 0.2) is 53.6 Å². The maximum atomic E-state index is 13.5. The summed E-state index contributed by atoms with van der Waals surface area (Å²) < 4.78 is 23.6. The molecule has 2 aliphatic rings. The number of Topliss-reactive ketones (excluding diaryl/α,β-unsaturated/α-hetero) is 1. The number of aliphatic hydroxyl groups excluding tert-OH is 1. The monoisotopic (exact) mass is 598 g/mol. The normalized spacial score (nSPS) is 33.2. The first-order chi connectivity index (χ1) is 20.0. The van der Waals surface area contributed by atoms with Gasteiger partial charge in [0.05, 0.1) is 23.0 Å². The second kappa shape index (κ2) is 13.2. The van der Waals surface area contributed by atoms with Crippen LogP contribution >= 0.6 is 0 Å². The number of ether oxygens (including phenoxy) is 4. The predicted octanol–water partition coefficient (Wildman–Crippen LogP) is 4.29. The molecule has 10 nitrogen and oxygen atoms in total. The molecule has 10 heteroatoms. The third-order valence-electron chi connectivity index (χ3n) is 8.36. The number of fused-ring (bicyclic) bond motifs is 1. The Labute approximate surface area is 252 Å². The van der Waals surface area contributed by atoms with Crippen molar-refractivity contribution in [3.05, 3.63) is 59.2 Å². The van der Waals surface area contributed by atoms with E-state index in [0.717, 1.165) is 0 Å². The molecule has 0 radical (unpaired) electrons. The molecule has 2 aliphatic carbocycles. The Morgan fingerprint density at radius 3 is 2.02 bits per heavy atom. The molecule has 43 heavy (non-hydrogen) atoms. The number of esters is 4. The molecule has 1 aromatic carbocycles.